The molecule has 1 heterocycles. The van der Waals surface area contributed by atoms with Crippen molar-refractivity contribution in [3.05, 3.63) is 43.7 Å². The number of ether oxygens (including phenoxy) is 1. The maximum absolute atomic E-state index is 5.84. The van der Waals surface area contributed by atoms with Gasteiger partial charge in [-0.05, 0) is 60.2 Å². The van der Waals surface area contributed by atoms with Gasteiger partial charge in [-0.1, -0.05) is 15.9 Å². The lowest BCUT2D eigenvalue weighted by atomic mass is 10.0. The van der Waals surface area contributed by atoms with Gasteiger partial charge in [-0.15, -0.1) is 0 Å². The molecule has 3 N–H and O–H groups in total. The average molecular weight is 465 g/mol. The van der Waals surface area contributed by atoms with Gasteiger partial charge in [0, 0.05) is 14.1 Å². The quantitative estimate of drug-likeness (QED) is 0.404. The molecule has 0 aliphatic heterocycles. The van der Waals surface area contributed by atoms with Crippen molar-refractivity contribution in [3.63, 3.8) is 0 Å². The number of hydrogen-bond acceptors (Lipinski definition) is 4. The minimum atomic E-state index is -0.200. The number of hydrazine groups is 1. The summed E-state index contributed by atoms with van der Waals surface area (Å²) in [4.78, 5) is 0. The molecule has 2 aromatic rings. The van der Waals surface area contributed by atoms with Gasteiger partial charge in [0.05, 0.1) is 19.3 Å². The summed E-state index contributed by atoms with van der Waals surface area (Å²) in [6.45, 7) is 4.16. The first-order valence-electron chi connectivity index (χ1n) is 6.52. The van der Waals surface area contributed by atoms with Gasteiger partial charge in [0.25, 0.3) is 0 Å². The summed E-state index contributed by atoms with van der Waals surface area (Å²) in [6, 6.07) is 6.13. The molecule has 21 heavy (non-hydrogen) atoms. The van der Waals surface area contributed by atoms with Crippen LogP contribution in [0.15, 0.2) is 28.9 Å². The van der Waals surface area contributed by atoms with Gasteiger partial charge in [-0.25, -0.2) is 5.43 Å². The van der Waals surface area contributed by atoms with Crippen molar-refractivity contribution in [2.24, 2.45) is 5.84 Å². The first-order chi connectivity index (χ1) is 9.99. The number of halogens is 2. The molecule has 0 saturated carbocycles. The van der Waals surface area contributed by atoms with Crippen molar-refractivity contribution in [1.29, 1.82) is 0 Å². The molecule has 1 aromatic heterocycles. The number of nitrogens with zero attached hydrogens (tertiary/aromatic N) is 2. The van der Waals surface area contributed by atoms with E-state index in [4.69, 9.17) is 10.6 Å². The lowest BCUT2D eigenvalue weighted by molar-refractivity contribution is 0.394. The first-order valence-corrected chi connectivity index (χ1v) is 8.39. The highest BCUT2D eigenvalue weighted by Gasteiger charge is 2.25. The summed E-state index contributed by atoms with van der Waals surface area (Å²) in [5, 5.41) is 4.41. The van der Waals surface area contributed by atoms with Crippen LogP contribution in [0, 0.1) is 3.57 Å². The average Bonchev–Trinajstić information content (AvgIpc) is 2.87. The van der Waals surface area contributed by atoms with Crippen LogP contribution >= 0.6 is 38.5 Å². The zero-order valence-electron chi connectivity index (χ0n) is 12.1. The number of aromatic nitrogens is 2. The van der Waals surface area contributed by atoms with E-state index < -0.39 is 0 Å². The smallest absolute Gasteiger partial charge is 0.161 e. The van der Waals surface area contributed by atoms with Crippen molar-refractivity contribution in [2.75, 3.05) is 7.11 Å². The van der Waals surface area contributed by atoms with Crippen LogP contribution in [0.5, 0.6) is 5.75 Å². The molecule has 0 spiro atoms. The highest BCUT2D eigenvalue weighted by molar-refractivity contribution is 14.1. The standard InChI is InChI=1S/C14H18BrIN4O/c1-8(2)20-14(12(21-3)7-18-20)13(19-17)10-6-9(15)4-5-11(10)16/h4-8,13,19H,17H2,1-3H3. The van der Waals surface area contributed by atoms with Gasteiger partial charge >= 0.3 is 0 Å². The topological polar surface area (TPSA) is 65.1 Å². The Labute approximate surface area is 146 Å². The van der Waals surface area contributed by atoms with Gasteiger partial charge in [0.15, 0.2) is 5.75 Å². The predicted octanol–water partition coefficient (Wildman–Crippen LogP) is 3.39. The molecule has 0 bridgehead atoms. The van der Waals surface area contributed by atoms with E-state index in [1.807, 2.05) is 16.8 Å². The molecule has 0 amide bonds. The van der Waals surface area contributed by atoms with E-state index >= 15 is 0 Å². The van der Waals surface area contributed by atoms with Crippen LogP contribution in [-0.4, -0.2) is 16.9 Å². The Morgan fingerprint density at radius 1 is 1.43 bits per heavy atom. The minimum Gasteiger partial charge on any atom is -0.493 e. The molecule has 1 unspecified atom stereocenters. The fourth-order valence-corrected chi connectivity index (χ4v) is 3.28. The fraction of sp³-hybridized carbons (Fsp3) is 0.357. The maximum Gasteiger partial charge on any atom is 0.161 e. The SMILES string of the molecule is COc1cnn(C(C)C)c1C(NN)c1cc(Br)ccc1I. The number of nitrogens with one attached hydrogen (secondary N) is 1. The monoisotopic (exact) mass is 464 g/mol. The zero-order valence-corrected chi connectivity index (χ0v) is 15.8. The lowest BCUT2D eigenvalue weighted by Crippen LogP contribution is -2.32. The molecule has 1 atom stereocenters. The molecule has 1 aromatic carbocycles. The molecule has 0 aliphatic rings. The number of methoxy groups -OCH3 is 1. The van der Waals surface area contributed by atoms with Crippen molar-refractivity contribution in [3.8, 4) is 5.75 Å². The summed E-state index contributed by atoms with van der Waals surface area (Å²) in [5.41, 5.74) is 4.89. The Morgan fingerprint density at radius 3 is 2.71 bits per heavy atom. The largest absolute Gasteiger partial charge is 0.493 e. The summed E-state index contributed by atoms with van der Waals surface area (Å²) >= 11 is 5.82. The second-order valence-corrected chi connectivity index (χ2v) is 6.98. The molecule has 0 radical (unpaired) electrons. The Balaban J connectivity index is 2.61. The molecular weight excluding hydrogens is 447 g/mol. The predicted molar refractivity (Wildman–Crippen MR) is 95.2 cm³/mol. The normalized spacial score (nSPS) is 12.7. The number of rotatable bonds is 5. The molecule has 0 fully saturated rings. The van der Waals surface area contributed by atoms with Crippen LogP contribution in [-0.2, 0) is 0 Å². The van der Waals surface area contributed by atoms with E-state index in [1.165, 1.54) is 0 Å². The van der Waals surface area contributed by atoms with Crippen molar-refractivity contribution >= 4 is 38.5 Å². The molecule has 2 rings (SSSR count). The molecular formula is C14H18BrIN4O. The number of hydrogen-bond donors (Lipinski definition) is 2. The molecule has 0 aliphatic carbocycles. The Bertz CT molecular complexity index is 629. The molecule has 5 nitrogen and oxygen atoms in total. The Kier molecular flexibility index (Phi) is 5.64. The maximum atomic E-state index is 5.84. The van der Waals surface area contributed by atoms with Crippen LogP contribution in [0.2, 0.25) is 0 Å². The number of nitrogens with two attached hydrogens (primary N) is 1. The second kappa shape index (κ2) is 7.08. The van der Waals surface area contributed by atoms with Gasteiger partial charge < -0.3 is 4.74 Å². The second-order valence-electron chi connectivity index (χ2n) is 4.90. The van der Waals surface area contributed by atoms with Crippen LogP contribution < -0.4 is 16.0 Å². The van der Waals surface area contributed by atoms with Gasteiger partial charge in [0.2, 0.25) is 0 Å². The van der Waals surface area contributed by atoms with E-state index in [-0.39, 0.29) is 12.1 Å². The van der Waals surface area contributed by atoms with Gasteiger partial charge in [0.1, 0.15) is 5.69 Å². The summed E-state index contributed by atoms with van der Waals surface area (Å²) in [6.07, 6.45) is 1.73. The van der Waals surface area contributed by atoms with Crippen LogP contribution in [0.25, 0.3) is 0 Å². The van der Waals surface area contributed by atoms with Crippen molar-refractivity contribution < 1.29 is 4.74 Å². The highest BCUT2D eigenvalue weighted by Crippen LogP contribution is 2.34. The van der Waals surface area contributed by atoms with E-state index in [0.29, 0.717) is 0 Å². The van der Waals surface area contributed by atoms with E-state index in [2.05, 4.69) is 69.0 Å². The Morgan fingerprint density at radius 2 is 2.14 bits per heavy atom. The first kappa shape index (κ1) is 16.7. The van der Waals surface area contributed by atoms with Crippen LogP contribution in [0.1, 0.15) is 37.2 Å². The third kappa shape index (κ3) is 3.41. The van der Waals surface area contributed by atoms with Gasteiger partial charge in [-0.2, -0.15) is 5.10 Å². The molecule has 7 heteroatoms. The summed E-state index contributed by atoms with van der Waals surface area (Å²) in [5.74, 6) is 6.57. The van der Waals surface area contributed by atoms with E-state index in [1.54, 1.807) is 13.3 Å². The third-order valence-electron chi connectivity index (χ3n) is 3.22. The fourth-order valence-electron chi connectivity index (χ4n) is 2.25. The lowest BCUT2D eigenvalue weighted by Gasteiger charge is -2.22. The summed E-state index contributed by atoms with van der Waals surface area (Å²) in [7, 11) is 1.64. The van der Waals surface area contributed by atoms with Crippen molar-refractivity contribution in [2.45, 2.75) is 25.9 Å². The minimum absolute atomic E-state index is 0.200. The Hall–Kier alpha value is -0.640. The van der Waals surface area contributed by atoms with Crippen molar-refractivity contribution in [1.82, 2.24) is 15.2 Å². The van der Waals surface area contributed by atoms with Crippen LogP contribution in [0.3, 0.4) is 0 Å². The molecule has 114 valence electrons. The number of benzene rings is 1. The van der Waals surface area contributed by atoms with Crippen LogP contribution in [0.4, 0.5) is 0 Å². The molecule has 0 saturated heterocycles. The van der Waals surface area contributed by atoms with Gasteiger partial charge in [-0.3, -0.25) is 10.5 Å². The van der Waals surface area contributed by atoms with E-state index in [0.717, 1.165) is 25.0 Å². The zero-order chi connectivity index (χ0) is 15.6. The highest BCUT2D eigenvalue weighted by atomic mass is 127. The third-order valence-corrected chi connectivity index (χ3v) is 4.69. The van der Waals surface area contributed by atoms with E-state index in [9.17, 15) is 0 Å². The summed E-state index contributed by atoms with van der Waals surface area (Å²) < 4.78 is 9.52.